The average molecular weight is 230 g/mol. The summed E-state index contributed by atoms with van der Waals surface area (Å²) < 4.78 is 0. The van der Waals surface area contributed by atoms with Crippen LogP contribution in [-0.2, 0) is 6.42 Å². The lowest BCUT2D eigenvalue weighted by Crippen LogP contribution is -2.52. The van der Waals surface area contributed by atoms with E-state index in [0.29, 0.717) is 18.7 Å². The summed E-state index contributed by atoms with van der Waals surface area (Å²) in [5, 5.41) is 3.57. The van der Waals surface area contributed by atoms with Crippen LogP contribution in [0.15, 0.2) is 29.4 Å². The molecule has 0 bridgehead atoms. The lowest BCUT2D eigenvalue weighted by molar-refractivity contribution is 0.0608. The summed E-state index contributed by atoms with van der Waals surface area (Å²) in [6.45, 7) is 3.13. The molecule has 1 aliphatic heterocycles. The average Bonchev–Trinajstić information content (AvgIpc) is 2.32. The third-order valence-corrected chi connectivity index (χ3v) is 2.97. The van der Waals surface area contributed by atoms with Gasteiger partial charge in [0.15, 0.2) is 0 Å². The summed E-state index contributed by atoms with van der Waals surface area (Å²) in [6.07, 6.45) is 0.969. The number of rotatable bonds is 3. The van der Waals surface area contributed by atoms with Crippen molar-refractivity contribution in [3.8, 4) is 0 Å². The lowest BCUT2D eigenvalue weighted by Gasteiger charge is -2.36. The highest BCUT2D eigenvalue weighted by atomic mass is 16.2. The molecule has 2 rings (SSSR count). The van der Waals surface area contributed by atoms with Gasteiger partial charge in [-0.2, -0.15) is 0 Å². The molecule has 88 valence electrons. The summed E-state index contributed by atoms with van der Waals surface area (Å²) in [6, 6.07) is 7.58. The van der Waals surface area contributed by atoms with E-state index in [1.165, 1.54) is 5.56 Å². The number of hydrogen-bond acceptors (Lipinski definition) is 2. The Morgan fingerprint density at radius 3 is 2.65 bits per heavy atom. The molecular weight excluding hydrogens is 216 g/mol. The van der Waals surface area contributed by atoms with E-state index in [2.05, 4.69) is 16.9 Å². The number of nitrogens with zero attached hydrogens (tertiary/aromatic N) is 4. The van der Waals surface area contributed by atoms with Crippen LogP contribution < -0.4 is 0 Å². The van der Waals surface area contributed by atoms with Crippen molar-refractivity contribution in [1.82, 2.24) is 4.90 Å². The Hall–Kier alpha value is -2.00. The molecule has 5 heteroatoms. The SMILES string of the molecule is CCc1ccc(C(=O)N2CC(N=[N+]=[N-])C2)cc1. The third-order valence-electron chi connectivity index (χ3n) is 2.97. The van der Waals surface area contributed by atoms with Gasteiger partial charge in [0.2, 0.25) is 0 Å². The fourth-order valence-corrected chi connectivity index (χ4v) is 1.83. The zero-order valence-electron chi connectivity index (χ0n) is 9.71. The van der Waals surface area contributed by atoms with Crippen molar-refractivity contribution in [3.63, 3.8) is 0 Å². The molecule has 0 aromatic heterocycles. The Morgan fingerprint density at radius 1 is 1.47 bits per heavy atom. The minimum absolute atomic E-state index is 0.0112. The summed E-state index contributed by atoms with van der Waals surface area (Å²) in [7, 11) is 0. The third kappa shape index (κ3) is 2.40. The largest absolute Gasteiger partial charge is 0.338 e. The normalized spacial score (nSPS) is 15.0. The molecule has 0 radical (unpaired) electrons. The van der Waals surface area contributed by atoms with Gasteiger partial charge in [-0.15, -0.1) is 0 Å². The first-order valence-corrected chi connectivity index (χ1v) is 5.67. The van der Waals surface area contributed by atoms with Crippen LogP contribution in [0.1, 0.15) is 22.8 Å². The maximum Gasteiger partial charge on any atom is 0.253 e. The Bertz CT molecular complexity index is 456. The zero-order valence-corrected chi connectivity index (χ0v) is 9.71. The molecule has 0 N–H and O–H groups in total. The number of azide groups is 1. The molecule has 0 aliphatic carbocycles. The minimum atomic E-state index is -0.0566. The standard InChI is InChI=1S/C12H14N4O/c1-2-9-3-5-10(6-4-9)12(17)16-7-11(8-16)14-15-13/h3-6,11H,2,7-8H2,1H3. The molecule has 0 saturated carbocycles. The predicted molar refractivity (Wildman–Crippen MR) is 64.7 cm³/mol. The summed E-state index contributed by atoms with van der Waals surface area (Å²) >= 11 is 0. The molecule has 0 spiro atoms. The fourth-order valence-electron chi connectivity index (χ4n) is 1.83. The quantitative estimate of drug-likeness (QED) is 0.446. The van der Waals surface area contributed by atoms with Gasteiger partial charge >= 0.3 is 0 Å². The van der Waals surface area contributed by atoms with Gasteiger partial charge in [-0.05, 0) is 29.6 Å². The molecule has 1 heterocycles. The number of carbonyl (C=O) groups is 1. The highest BCUT2D eigenvalue weighted by Crippen LogP contribution is 2.16. The molecule has 1 aromatic rings. The van der Waals surface area contributed by atoms with Crippen LogP contribution in [-0.4, -0.2) is 29.9 Å². The van der Waals surface area contributed by atoms with Crippen LogP contribution in [0.3, 0.4) is 0 Å². The van der Waals surface area contributed by atoms with E-state index < -0.39 is 0 Å². The topological polar surface area (TPSA) is 69.1 Å². The molecule has 0 unspecified atom stereocenters. The van der Waals surface area contributed by atoms with Crippen molar-refractivity contribution in [3.05, 3.63) is 45.8 Å². The molecule has 1 fully saturated rings. The maximum absolute atomic E-state index is 12.0. The van der Waals surface area contributed by atoms with Gasteiger partial charge in [-0.3, -0.25) is 4.79 Å². The fraction of sp³-hybridized carbons (Fsp3) is 0.417. The lowest BCUT2D eigenvalue weighted by atomic mass is 10.1. The first-order chi connectivity index (χ1) is 8.24. The van der Waals surface area contributed by atoms with Gasteiger partial charge in [0, 0.05) is 23.6 Å². The Balaban J connectivity index is 1.99. The number of aryl methyl sites for hydroxylation is 1. The van der Waals surface area contributed by atoms with Gasteiger partial charge in [0.25, 0.3) is 5.91 Å². The molecular formula is C12H14N4O. The number of benzene rings is 1. The first kappa shape index (κ1) is 11.5. The van der Waals surface area contributed by atoms with Gasteiger partial charge in [-0.25, -0.2) is 0 Å². The van der Waals surface area contributed by atoms with Crippen molar-refractivity contribution in [2.24, 2.45) is 5.11 Å². The van der Waals surface area contributed by atoms with Crippen molar-refractivity contribution < 1.29 is 4.79 Å². The van der Waals surface area contributed by atoms with Gasteiger partial charge < -0.3 is 4.90 Å². The van der Waals surface area contributed by atoms with Crippen LogP contribution in [0.2, 0.25) is 0 Å². The number of carbonyl (C=O) groups excluding carboxylic acids is 1. The van der Waals surface area contributed by atoms with Crippen LogP contribution in [0.5, 0.6) is 0 Å². The predicted octanol–water partition coefficient (Wildman–Crippen LogP) is 2.38. The van der Waals surface area contributed by atoms with Gasteiger partial charge in [0.1, 0.15) is 0 Å². The molecule has 1 amide bonds. The van der Waals surface area contributed by atoms with Crippen molar-refractivity contribution in [2.45, 2.75) is 19.4 Å². The Morgan fingerprint density at radius 2 is 2.12 bits per heavy atom. The molecule has 1 saturated heterocycles. The first-order valence-electron chi connectivity index (χ1n) is 5.67. The van der Waals surface area contributed by atoms with Crippen LogP contribution in [0.4, 0.5) is 0 Å². The molecule has 1 aliphatic rings. The van der Waals surface area contributed by atoms with Crippen molar-refractivity contribution >= 4 is 5.91 Å². The monoisotopic (exact) mass is 230 g/mol. The van der Waals surface area contributed by atoms with Crippen LogP contribution in [0.25, 0.3) is 10.4 Å². The van der Waals surface area contributed by atoms with E-state index in [-0.39, 0.29) is 11.9 Å². The highest BCUT2D eigenvalue weighted by molar-refractivity contribution is 5.94. The van der Waals surface area contributed by atoms with E-state index in [1.54, 1.807) is 4.90 Å². The van der Waals surface area contributed by atoms with Gasteiger partial charge in [-0.1, -0.05) is 24.2 Å². The number of hydrogen-bond donors (Lipinski definition) is 0. The molecule has 0 atom stereocenters. The summed E-state index contributed by atoms with van der Waals surface area (Å²) in [4.78, 5) is 16.4. The molecule has 17 heavy (non-hydrogen) atoms. The second-order valence-electron chi connectivity index (χ2n) is 4.12. The molecule has 1 aromatic carbocycles. The Labute approximate surface area is 99.7 Å². The van der Waals surface area contributed by atoms with Crippen molar-refractivity contribution in [1.29, 1.82) is 0 Å². The van der Waals surface area contributed by atoms with E-state index in [4.69, 9.17) is 5.53 Å². The zero-order chi connectivity index (χ0) is 12.3. The maximum atomic E-state index is 12.0. The number of amides is 1. The van der Waals surface area contributed by atoms with Crippen LogP contribution in [0, 0.1) is 0 Å². The summed E-state index contributed by atoms with van der Waals surface area (Å²) in [5.41, 5.74) is 10.2. The Kier molecular flexibility index (Phi) is 3.30. The van der Waals surface area contributed by atoms with Crippen molar-refractivity contribution in [2.75, 3.05) is 13.1 Å². The van der Waals surface area contributed by atoms with E-state index >= 15 is 0 Å². The smallest absolute Gasteiger partial charge is 0.253 e. The second-order valence-corrected chi connectivity index (χ2v) is 4.12. The number of likely N-dealkylation sites (tertiary alicyclic amines) is 1. The van der Waals surface area contributed by atoms with Gasteiger partial charge in [0.05, 0.1) is 6.04 Å². The van der Waals surface area contributed by atoms with E-state index in [1.807, 2.05) is 24.3 Å². The van der Waals surface area contributed by atoms with E-state index in [0.717, 1.165) is 6.42 Å². The minimum Gasteiger partial charge on any atom is -0.338 e. The van der Waals surface area contributed by atoms with Crippen LogP contribution >= 0.6 is 0 Å². The second kappa shape index (κ2) is 4.89. The van der Waals surface area contributed by atoms with E-state index in [9.17, 15) is 4.79 Å². The molecule has 5 nitrogen and oxygen atoms in total. The summed E-state index contributed by atoms with van der Waals surface area (Å²) in [5.74, 6) is 0.0112. The highest BCUT2D eigenvalue weighted by Gasteiger charge is 2.30.